The van der Waals surface area contributed by atoms with Gasteiger partial charge in [0, 0.05) is 31.5 Å². The summed E-state index contributed by atoms with van der Waals surface area (Å²) in [6.45, 7) is 0. The van der Waals surface area contributed by atoms with Crippen molar-refractivity contribution in [2.45, 2.75) is 10.8 Å². The van der Waals surface area contributed by atoms with Crippen molar-refractivity contribution in [3.63, 3.8) is 0 Å². The van der Waals surface area contributed by atoms with E-state index in [1.54, 1.807) is 0 Å². The van der Waals surface area contributed by atoms with Gasteiger partial charge in [-0.3, -0.25) is 0 Å². The van der Waals surface area contributed by atoms with Crippen LogP contribution in [-0.2, 0) is 10.8 Å². The molecule has 0 unspecified atom stereocenters. The zero-order chi connectivity index (χ0) is 42.0. The zero-order valence-electron chi connectivity index (χ0n) is 34.9. The number of para-hydroxylation sites is 1. The van der Waals surface area contributed by atoms with Crippen molar-refractivity contribution in [2.75, 3.05) is 4.90 Å². The van der Waals surface area contributed by atoms with E-state index in [2.05, 4.69) is 241 Å². The lowest BCUT2D eigenvalue weighted by Crippen LogP contribution is -2.43. The standard InChI is InChI=1S/C62H39NS/c1-2-17-42(18-3-1)63(57-30-16-32-59-60(57)48-22-7-15-31-58(48)64-59)43-36-33-40(34-37-43)41-35-38-47-46-21-6-10-25-51(46)62(56(47)39-41)54-28-13-11-26-52(54)61(53-27-12-14-29-55(53)62)49-23-8-4-19-44(49)45-20-5-9-24-50(45)61/h1-39H. The number of anilines is 3. The summed E-state index contributed by atoms with van der Waals surface area (Å²) in [6.07, 6.45) is 0. The lowest BCUT2D eigenvalue weighted by molar-refractivity contribution is 0.633. The SMILES string of the molecule is c1ccc(N(c2ccc(-c3ccc4c(c3)C3(c5ccccc5-4)c4ccccc4C4(c5ccccc5-c5ccccc54)c4ccccc43)cc2)c2cccc3sc4ccccc4c23)cc1. The third kappa shape index (κ3) is 4.57. The number of benzene rings is 10. The third-order valence-electron chi connectivity index (χ3n) is 14.6. The summed E-state index contributed by atoms with van der Waals surface area (Å²) in [7, 11) is 0. The maximum atomic E-state index is 2.51. The van der Waals surface area contributed by atoms with Crippen molar-refractivity contribution >= 4 is 48.6 Å². The molecule has 0 bridgehead atoms. The molecule has 1 heterocycles. The van der Waals surface area contributed by atoms with Crippen LogP contribution in [-0.4, -0.2) is 0 Å². The van der Waals surface area contributed by atoms with Gasteiger partial charge < -0.3 is 4.90 Å². The third-order valence-corrected chi connectivity index (χ3v) is 15.7. The fourth-order valence-corrected chi connectivity index (χ4v) is 13.3. The molecular formula is C62H39NS. The summed E-state index contributed by atoms with van der Waals surface area (Å²) in [4.78, 5) is 2.42. The topological polar surface area (TPSA) is 3.24 Å². The molecule has 2 heteroatoms. The van der Waals surface area contributed by atoms with Crippen molar-refractivity contribution in [3.05, 3.63) is 281 Å². The van der Waals surface area contributed by atoms with E-state index in [0.717, 1.165) is 11.4 Å². The van der Waals surface area contributed by atoms with Gasteiger partial charge in [-0.1, -0.05) is 188 Å². The second kappa shape index (κ2) is 13.4. The number of hydrogen-bond donors (Lipinski definition) is 0. The van der Waals surface area contributed by atoms with Crippen molar-refractivity contribution in [1.29, 1.82) is 0 Å². The van der Waals surface area contributed by atoms with Gasteiger partial charge >= 0.3 is 0 Å². The maximum Gasteiger partial charge on any atom is 0.0720 e. The molecule has 2 spiro atoms. The first-order valence-corrected chi connectivity index (χ1v) is 23.1. The maximum absolute atomic E-state index is 2.51. The Hall–Kier alpha value is -7.78. The van der Waals surface area contributed by atoms with Crippen LogP contribution in [0.3, 0.4) is 0 Å². The van der Waals surface area contributed by atoms with Crippen LogP contribution in [0, 0.1) is 0 Å². The minimum Gasteiger partial charge on any atom is -0.310 e. The Morgan fingerprint density at radius 2 is 0.734 bits per heavy atom. The fraction of sp³-hybridized carbons (Fsp3) is 0.0323. The van der Waals surface area contributed by atoms with Gasteiger partial charge in [0.2, 0.25) is 0 Å². The Kier molecular flexibility index (Phi) is 7.47. The van der Waals surface area contributed by atoms with Crippen molar-refractivity contribution in [2.24, 2.45) is 0 Å². The molecule has 1 nitrogen and oxygen atoms in total. The van der Waals surface area contributed by atoms with Gasteiger partial charge in [-0.2, -0.15) is 0 Å². The number of fused-ring (bicyclic) bond motifs is 19. The lowest BCUT2D eigenvalue weighted by atomic mass is 9.52. The molecule has 11 aromatic rings. The van der Waals surface area contributed by atoms with Gasteiger partial charge in [-0.15, -0.1) is 11.3 Å². The molecule has 0 saturated carbocycles. The van der Waals surface area contributed by atoms with Crippen LogP contribution < -0.4 is 4.90 Å². The van der Waals surface area contributed by atoms with Crippen LogP contribution in [0.4, 0.5) is 17.1 Å². The van der Waals surface area contributed by atoms with Crippen molar-refractivity contribution in [3.8, 4) is 33.4 Å². The van der Waals surface area contributed by atoms with E-state index in [1.165, 1.54) is 104 Å². The van der Waals surface area contributed by atoms with E-state index in [4.69, 9.17) is 0 Å². The Morgan fingerprint density at radius 1 is 0.297 bits per heavy atom. The Bertz CT molecular complexity index is 3590. The molecule has 0 atom stereocenters. The Balaban J connectivity index is 0.973. The smallest absolute Gasteiger partial charge is 0.0720 e. The predicted octanol–water partition coefficient (Wildman–Crippen LogP) is 16.2. The van der Waals surface area contributed by atoms with Gasteiger partial charge in [0.15, 0.2) is 0 Å². The summed E-state index contributed by atoms with van der Waals surface area (Å²) >= 11 is 1.86. The highest BCUT2D eigenvalue weighted by atomic mass is 32.1. The molecule has 3 aliphatic rings. The largest absolute Gasteiger partial charge is 0.310 e. The minimum atomic E-state index is -0.529. The van der Waals surface area contributed by atoms with E-state index in [1.807, 2.05) is 11.3 Å². The highest BCUT2D eigenvalue weighted by molar-refractivity contribution is 7.26. The van der Waals surface area contributed by atoms with Crippen LogP contribution in [0.1, 0.15) is 44.5 Å². The molecule has 0 radical (unpaired) electrons. The molecule has 3 aliphatic carbocycles. The summed E-state index contributed by atoms with van der Waals surface area (Å²) in [5, 5.41) is 2.58. The van der Waals surface area contributed by atoms with E-state index in [0.29, 0.717) is 0 Å². The molecule has 0 saturated heterocycles. The quantitative estimate of drug-likeness (QED) is 0.171. The highest BCUT2D eigenvalue weighted by Crippen LogP contribution is 2.67. The van der Waals surface area contributed by atoms with Gasteiger partial charge in [-0.05, 0) is 126 Å². The minimum absolute atomic E-state index is 0.457. The molecule has 0 amide bonds. The number of rotatable bonds is 4. The number of hydrogen-bond acceptors (Lipinski definition) is 2. The summed E-state index contributed by atoms with van der Waals surface area (Å²) < 4.78 is 2.60. The van der Waals surface area contributed by atoms with Crippen LogP contribution in [0.2, 0.25) is 0 Å². The molecule has 0 fully saturated rings. The first-order valence-electron chi connectivity index (χ1n) is 22.3. The van der Waals surface area contributed by atoms with E-state index in [-0.39, 0.29) is 0 Å². The fourth-order valence-electron chi connectivity index (χ4n) is 12.2. The van der Waals surface area contributed by atoms with E-state index < -0.39 is 10.8 Å². The summed E-state index contributed by atoms with van der Waals surface area (Å²) in [6, 6.07) is 88.9. The first kappa shape index (κ1) is 35.8. The highest BCUT2D eigenvalue weighted by Gasteiger charge is 2.58. The second-order valence-electron chi connectivity index (χ2n) is 17.5. The molecule has 64 heavy (non-hydrogen) atoms. The number of thiophene rings is 1. The molecule has 0 N–H and O–H groups in total. The summed E-state index contributed by atoms with van der Waals surface area (Å²) in [5.74, 6) is 0. The van der Waals surface area contributed by atoms with E-state index >= 15 is 0 Å². The molecule has 298 valence electrons. The molecule has 1 aromatic heterocycles. The van der Waals surface area contributed by atoms with Crippen LogP contribution in [0.25, 0.3) is 53.6 Å². The second-order valence-corrected chi connectivity index (χ2v) is 18.5. The monoisotopic (exact) mass is 829 g/mol. The van der Waals surface area contributed by atoms with Crippen LogP contribution in [0.15, 0.2) is 237 Å². The predicted molar refractivity (Wildman–Crippen MR) is 268 cm³/mol. The van der Waals surface area contributed by atoms with Crippen molar-refractivity contribution < 1.29 is 0 Å². The van der Waals surface area contributed by atoms with Crippen LogP contribution >= 0.6 is 11.3 Å². The molecule has 14 rings (SSSR count). The molecule has 0 aliphatic heterocycles. The van der Waals surface area contributed by atoms with E-state index in [9.17, 15) is 0 Å². The Labute approximate surface area is 376 Å². The summed E-state index contributed by atoms with van der Waals surface area (Å²) in [5.41, 5.74) is 20.9. The van der Waals surface area contributed by atoms with Gasteiger partial charge in [0.25, 0.3) is 0 Å². The number of nitrogens with zero attached hydrogens (tertiary/aromatic N) is 1. The van der Waals surface area contributed by atoms with Gasteiger partial charge in [0.05, 0.1) is 16.5 Å². The Morgan fingerprint density at radius 3 is 1.33 bits per heavy atom. The first-order chi connectivity index (χ1) is 31.8. The van der Waals surface area contributed by atoms with Crippen LogP contribution in [0.5, 0.6) is 0 Å². The average Bonchev–Trinajstić information content (AvgIpc) is 4.00. The average molecular weight is 830 g/mol. The molecule has 10 aromatic carbocycles. The van der Waals surface area contributed by atoms with Crippen molar-refractivity contribution in [1.82, 2.24) is 0 Å². The van der Waals surface area contributed by atoms with Gasteiger partial charge in [-0.25, -0.2) is 0 Å². The lowest BCUT2D eigenvalue weighted by Gasteiger charge is -2.48. The molecular weight excluding hydrogens is 791 g/mol. The normalized spacial score (nSPS) is 14.2. The zero-order valence-corrected chi connectivity index (χ0v) is 35.7. The van der Waals surface area contributed by atoms with Gasteiger partial charge in [0.1, 0.15) is 0 Å².